The van der Waals surface area contributed by atoms with E-state index in [4.69, 9.17) is 10.3 Å². The van der Waals surface area contributed by atoms with E-state index < -0.39 is 0 Å². The Morgan fingerprint density at radius 2 is 2.08 bits per heavy atom. The fourth-order valence-electron chi connectivity index (χ4n) is 2.79. The summed E-state index contributed by atoms with van der Waals surface area (Å²) in [6, 6.07) is 10.1. The van der Waals surface area contributed by atoms with Crippen molar-refractivity contribution in [2.75, 3.05) is 5.73 Å². The standard InChI is InChI=1S/C17H13BrFN5O/c1-9(14-6-11(18)16-17(20)21-8-22-24(14)16)15-7-13(23-25-15)10-4-2-3-5-12(10)19/h2-9H,1H3,(H2,20,21,22). The molecule has 1 atom stereocenters. The first-order valence-electron chi connectivity index (χ1n) is 7.55. The number of rotatable bonds is 3. The maximum Gasteiger partial charge on any atom is 0.152 e. The number of hydrogen-bond acceptors (Lipinski definition) is 5. The van der Waals surface area contributed by atoms with Crippen LogP contribution in [0.5, 0.6) is 0 Å². The summed E-state index contributed by atoms with van der Waals surface area (Å²) in [5.74, 6) is 0.472. The summed E-state index contributed by atoms with van der Waals surface area (Å²) in [7, 11) is 0. The lowest BCUT2D eigenvalue weighted by atomic mass is 10.0. The Morgan fingerprint density at radius 1 is 1.28 bits per heavy atom. The van der Waals surface area contributed by atoms with Crippen LogP contribution in [0.3, 0.4) is 0 Å². The quantitative estimate of drug-likeness (QED) is 0.560. The molecule has 0 aliphatic carbocycles. The van der Waals surface area contributed by atoms with E-state index in [1.54, 1.807) is 28.8 Å². The van der Waals surface area contributed by atoms with Gasteiger partial charge < -0.3 is 10.3 Å². The van der Waals surface area contributed by atoms with Crippen LogP contribution in [-0.4, -0.2) is 19.8 Å². The number of hydrogen-bond donors (Lipinski definition) is 1. The van der Waals surface area contributed by atoms with Crippen LogP contribution in [0.25, 0.3) is 16.8 Å². The van der Waals surface area contributed by atoms with Crippen molar-refractivity contribution >= 4 is 27.3 Å². The van der Waals surface area contributed by atoms with E-state index in [9.17, 15) is 4.39 Å². The number of nitrogens with two attached hydrogens (primary N) is 1. The van der Waals surface area contributed by atoms with Crippen LogP contribution in [0.4, 0.5) is 10.2 Å². The Hall–Kier alpha value is -2.74. The lowest BCUT2D eigenvalue weighted by Gasteiger charge is -2.07. The zero-order chi connectivity index (χ0) is 17.6. The number of nitrogens with zero attached hydrogens (tertiary/aromatic N) is 4. The monoisotopic (exact) mass is 401 g/mol. The Kier molecular flexibility index (Phi) is 3.76. The van der Waals surface area contributed by atoms with E-state index in [1.165, 1.54) is 12.4 Å². The highest BCUT2D eigenvalue weighted by atomic mass is 79.9. The third-order valence-corrected chi connectivity index (χ3v) is 4.72. The molecule has 4 rings (SSSR count). The number of aromatic nitrogens is 4. The van der Waals surface area contributed by atoms with Gasteiger partial charge >= 0.3 is 0 Å². The van der Waals surface area contributed by atoms with Crippen molar-refractivity contribution in [3.8, 4) is 11.3 Å². The van der Waals surface area contributed by atoms with Crippen molar-refractivity contribution in [3.05, 3.63) is 64.5 Å². The van der Waals surface area contributed by atoms with Crippen molar-refractivity contribution in [1.29, 1.82) is 0 Å². The average molecular weight is 402 g/mol. The molecular weight excluding hydrogens is 389 g/mol. The van der Waals surface area contributed by atoms with Gasteiger partial charge in [-0.25, -0.2) is 13.9 Å². The van der Waals surface area contributed by atoms with E-state index in [2.05, 4.69) is 31.2 Å². The van der Waals surface area contributed by atoms with Gasteiger partial charge in [0.1, 0.15) is 29.1 Å². The molecule has 6 nitrogen and oxygen atoms in total. The second-order valence-electron chi connectivity index (χ2n) is 5.64. The molecule has 0 saturated carbocycles. The van der Waals surface area contributed by atoms with E-state index in [0.29, 0.717) is 28.4 Å². The van der Waals surface area contributed by atoms with E-state index in [-0.39, 0.29) is 11.7 Å². The van der Waals surface area contributed by atoms with Crippen LogP contribution in [-0.2, 0) is 0 Å². The first-order valence-corrected chi connectivity index (χ1v) is 8.34. The Bertz CT molecular complexity index is 1070. The van der Waals surface area contributed by atoms with E-state index in [0.717, 1.165) is 10.2 Å². The van der Waals surface area contributed by atoms with Crippen molar-refractivity contribution in [3.63, 3.8) is 0 Å². The zero-order valence-corrected chi connectivity index (χ0v) is 14.7. The molecule has 0 spiro atoms. The minimum Gasteiger partial charge on any atom is -0.382 e. The lowest BCUT2D eigenvalue weighted by Crippen LogP contribution is -2.05. The van der Waals surface area contributed by atoms with Gasteiger partial charge in [0.15, 0.2) is 5.82 Å². The molecule has 0 amide bonds. The topological polar surface area (TPSA) is 82.2 Å². The molecule has 25 heavy (non-hydrogen) atoms. The lowest BCUT2D eigenvalue weighted by molar-refractivity contribution is 0.375. The number of fused-ring (bicyclic) bond motifs is 1. The molecule has 1 unspecified atom stereocenters. The molecule has 0 bridgehead atoms. The van der Waals surface area contributed by atoms with Crippen molar-refractivity contribution in [1.82, 2.24) is 19.8 Å². The molecule has 0 radical (unpaired) electrons. The number of benzene rings is 1. The SMILES string of the molecule is CC(c1cc(-c2ccccc2F)no1)c1cc(Br)c2c(N)ncnn12. The van der Waals surface area contributed by atoms with Gasteiger partial charge in [0.05, 0.1) is 11.6 Å². The summed E-state index contributed by atoms with van der Waals surface area (Å²) in [5.41, 5.74) is 8.33. The fraction of sp³-hybridized carbons (Fsp3) is 0.118. The predicted octanol–water partition coefficient (Wildman–Crippen LogP) is 4.02. The molecular formula is C17H13BrFN5O. The van der Waals surface area contributed by atoms with E-state index >= 15 is 0 Å². The molecule has 8 heteroatoms. The van der Waals surface area contributed by atoms with Crippen molar-refractivity contribution < 1.29 is 8.91 Å². The Balaban J connectivity index is 1.77. The van der Waals surface area contributed by atoms with Gasteiger partial charge in [-0.2, -0.15) is 5.10 Å². The van der Waals surface area contributed by atoms with Crippen LogP contribution in [0.2, 0.25) is 0 Å². The average Bonchev–Trinajstić information content (AvgIpc) is 3.21. The second kappa shape index (κ2) is 5.96. The summed E-state index contributed by atoms with van der Waals surface area (Å²) >= 11 is 3.48. The Morgan fingerprint density at radius 3 is 2.88 bits per heavy atom. The molecule has 1 aromatic carbocycles. The Labute approximate surface area is 150 Å². The van der Waals surface area contributed by atoms with Crippen LogP contribution >= 0.6 is 15.9 Å². The van der Waals surface area contributed by atoms with Crippen molar-refractivity contribution in [2.45, 2.75) is 12.8 Å². The highest BCUT2D eigenvalue weighted by molar-refractivity contribution is 9.10. The molecule has 2 N–H and O–H groups in total. The maximum absolute atomic E-state index is 13.9. The highest BCUT2D eigenvalue weighted by Gasteiger charge is 2.22. The normalized spacial score (nSPS) is 12.6. The van der Waals surface area contributed by atoms with Crippen LogP contribution < -0.4 is 5.73 Å². The largest absolute Gasteiger partial charge is 0.382 e. The first kappa shape index (κ1) is 15.8. The van der Waals surface area contributed by atoms with Gasteiger partial charge in [-0.3, -0.25) is 0 Å². The number of anilines is 1. The van der Waals surface area contributed by atoms with Gasteiger partial charge in [0.25, 0.3) is 0 Å². The molecule has 0 aliphatic rings. The molecule has 0 fully saturated rings. The molecule has 3 heterocycles. The predicted molar refractivity (Wildman–Crippen MR) is 94.5 cm³/mol. The van der Waals surface area contributed by atoms with Gasteiger partial charge in [-0.05, 0) is 41.1 Å². The van der Waals surface area contributed by atoms with Gasteiger partial charge in [-0.15, -0.1) is 0 Å². The molecule has 0 aliphatic heterocycles. The van der Waals surface area contributed by atoms with Crippen LogP contribution in [0.1, 0.15) is 24.3 Å². The van der Waals surface area contributed by atoms with Gasteiger partial charge in [0, 0.05) is 16.1 Å². The highest BCUT2D eigenvalue weighted by Crippen LogP contribution is 2.33. The van der Waals surface area contributed by atoms with Crippen molar-refractivity contribution in [2.24, 2.45) is 0 Å². The van der Waals surface area contributed by atoms with Crippen LogP contribution in [0, 0.1) is 5.82 Å². The maximum atomic E-state index is 13.9. The third-order valence-electron chi connectivity index (χ3n) is 4.11. The van der Waals surface area contributed by atoms with Gasteiger partial charge in [-0.1, -0.05) is 17.3 Å². The summed E-state index contributed by atoms with van der Waals surface area (Å²) in [4.78, 5) is 4.01. The smallest absolute Gasteiger partial charge is 0.152 e. The molecule has 126 valence electrons. The molecule has 0 saturated heterocycles. The zero-order valence-electron chi connectivity index (χ0n) is 13.1. The summed E-state index contributed by atoms with van der Waals surface area (Å²) in [6.45, 7) is 1.96. The number of halogens is 2. The first-order chi connectivity index (χ1) is 12.1. The van der Waals surface area contributed by atoms with E-state index in [1.807, 2.05) is 13.0 Å². The molecule has 3 aromatic heterocycles. The fourth-order valence-corrected chi connectivity index (χ4v) is 3.39. The summed E-state index contributed by atoms with van der Waals surface area (Å²) in [5, 5.41) is 8.27. The van der Waals surface area contributed by atoms with Gasteiger partial charge in [0.2, 0.25) is 0 Å². The molecule has 4 aromatic rings. The minimum atomic E-state index is -0.341. The third kappa shape index (κ3) is 2.58. The summed E-state index contributed by atoms with van der Waals surface area (Å²) < 4.78 is 21.9. The summed E-state index contributed by atoms with van der Waals surface area (Å²) in [6.07, 6.45) is 1.40. The number of nitrogen functional groups attached to an aromatic ring is 1. The second-order valence-corrected chi connectivity index (χ2v) is 6.49. The van der Waals surface area contributed by atoms with Crippen LogP contribution in [0.15, 0.2) is 51.7 Å². The minimum absolute atomic E-state index is 0.166.